The average Bonchev–Trinajstić information content (AvgIpc) is 2.73. The van der Waals surface area contributed by atoms with Crippen LogP contribution < -0.4 is 10.9 Å². The van der Waals surface area contributed by atoms with E-state index in [1.165, 1.54) is 40.7 Å². The lowest BCUT2D eigenvalue weighted by molar-refractivity contribution is 0.0730. The SMILES string of the molecule is C=C(NNC(=O)c1cccc(S(=O)(=O)N2CCOCC2)c1)c1ccccc1F. The maximum Gasteiger partial charge on any atom is 0.269 e. The number of sulfonamides is 1. The van der Waals surface area contributed by atoms with E-state index >= 15 is 0 Å². The van der Waals surface area contributed by atoms with Gasteiger partial charge in [-0.2, -0.15) is 4.31 Å². The lowest BCUT2D eigenvalue weighted by Crippen LogP contribution is -2.40. The zero-order chi connectivity index (χ0) is 20.1. The van der Waals surface area contributed by atoms with Crippen molar-refractivity contribution in [3.63, 3.8) is 0 Å². The molecule has 9 heteroatoms. The maximum atomic E-state index is 13.8. The highest BCUT2D eigenvalue weighted by atomic mass is 32.2. The van der Waals surface area contributed by atoms with Crippen molar-refractivity contribution in [1.29, 1.82) is 0 Å². The highest BCUT2D eigenvalue weighted by molar-refractivity contribution is 7.89. The van der Waals surface area contributed by atoms with Gasteiger partial charge in [-0.15, -0.1) is 0 Å². The summed E-state index contributed by atoms with van der Waals surface area (Å²) < 4.78 is 45.7. The summed E-state index contributed by atoms with van der Waals surface area (Å²) in [4.78, 5) is 12.4. The summed E-state index contributed by atoms with van der Waals surface area (Å²) in [5.41, 5.74) is 5.47. The van der Waals surface area contributed by atoms with Gasteiger partial charge in [0.15, 0.2) is 0 Å². The van der Waals surface area contributed by atoms with Crippen molar-refractivity contribution >= 4 is 21.6 Å². The fourth-order valence-electron chi connectivity index (χ4n) is 2.71. The third-order valence-corrected chi connectivity index (χ3v) is 6.12. The molecule has 2 N–H and O–H groups in total. The van der Waals surface area contributed by atoms with Gasteiger partial charge < -0.3 is 4.74 Å². The van der Waals surface area contributed by atoms with Gasteiger partial charge in [0.2, 0.25) is 10.0 Å². The van der Waals surface area contributed by atoms with E-state index in [2.05, 4.69) is 17.4 Å². The van der Waals surface area contributed by atoms with Crippen LogP contribution in [0.3, 0.4) is 0 Å². The number of nitrogens with zero attached hydrogens (tertiary/aromatic N) is 1. The van der Waals surface area contributed by atoms with Crippen LogP contribution in [0.5, 0.6) is 0 Å². The Morgan fingerprint density at radius 2 is 1.79 bits per heavy atom. The molecule has 1 fully saturated rings. The van der Waals surface area contributed by atoms with Gasteiger partial charge in [0.25, 0.3) is 5.91 Å². The van der Waals surface area contributed by atoms with Crippen LogP contribution in [0.15, 0.2) is 60.0 Å². The van der Waals surface area contributed by atoms with Crippen molar-refractivity contribution in [1.82, 2.24) is 15.2 Å². The zero-order valence-corrected chi connectivity index (χ0v) is 15.8. The molecule has 1 aliphatic heterocycles. The van der Waals surface area contributed by atoms with Crippen LogP contribution >= 0.6 is 0 Å². The van der Waals surface area contributed by atoms with Crippen LogP contribution in [0.25, 0.3) is 5.70 Å². The summed E-state index contributed by atoms with van der Waals surface area (Å²) >= 11 is 0. The first-order valence-electron chi connectivity index (χ1n) is 8.58. The Kier molecular flexibility index (Phi) is 6.08. The molecular weight excluding hydrogens is 385 g/mol. The van der Waals surface area contributed by atoms with Crippen LogP contribution in [-0.2, 0) is 14.8 Å². The normalized spacial score (nSPS) is 15.0. The van der Waals surface area contributed by atoms with Gasteiger partial charge in [-0.25, -0.2) is 12.8 Å². The van der Waals surface area contributed by atoms with E-state index in [4.69, 9.17) is 4.74 Å². The smallest absolute Gasteiger partial charge is 0.269 e. The lowest BCUT2D eigenvalue weighted by Gasteiger charge is -2.26. The monoisotopic (exact) mass is 405 g/mol. The maximum absolute atomic E-state index is 13.8. The molecule has 0 unspecified atom stereocenters. The standard InChI is InChI=1S/C19H20FN3O4S/c1-14(17-7-2-3-8-18(17)20)21-22-19(24)15-5-4-6-16(13-15)28(25,26)23-9-11-27-12-10-23/h2-8,13,21H,1,9-12H2,(H,22,24). The van der Waals surface area contributed by atoms with Crippen LogP contribution in [0.2, 0.25) is 0 Å². The van der Waals surface area contributed by atoms with Gasteiger partial charge in [0, 0.05) is 24.2 Å². The summed E-state index contributed by atoms with van der Waals surface area (Å²) in [5, 5.41) is 0. The molecule has 0 radical (unpaired) electrons. The molecule has 0 aliphatic carbocycles. The molecule has 1 heterocycles. The number of carbonyl (C=O) groups excluding carboxylic acids is 1. The first-order valence-corrected chi connectivity index (χ1v) is 10.0. The molecule has 1 aliphatic rings. The van der Waals surface area contributed by atoms with E-state index in [-0.39, 0.29) is 34.8 Å². The van der Waals surface area contributed by atoms with Gasteiger partial charge in [0.05, 0.1) is 23.8 Å². The van der Waals surface area contributed by atoms with Crippen molar-refractivity contribution < 1.29 is 22.3 Å². The number of morpholine rings is 1. The number of nitrogens with one attached hydrogen (secondary N) is 2. The minimum Gasteiger partial charge on any atom is -0.379 e. The highest BCUT2D eigenvalue weighted by Gasteiger charge is 2.26. The predicted octanol–water partition coefficient (Wildman–Crippen LogP) is 1.75. The molecule has 0 spiro atoms. The van der Waals surface area contributed by atoms with Gasteiger partial charge in [-0.1, -0.05) is 24.8 Å². The third kappa shape index (κ3) is 4.38. The first-order chi connectivity index (χ1) is 13.4. The van der Waals surface area contributed by atoms with Gasteiger partial charge in [-0.05, 0) is 30.3 Å². The second-order valence-corrected chi connectivity index (χ2v) is 8.02. The third-order valence-electron chi connectivity index (χ3n) is 4.23. The predicted molar refractivity (Wildman–Crippen MR) is 102 cm³/mol. The minimum atomic E-state index is -3.71. The average molecular weight is 405 g/mol. The summed E-state index contributed by atoms with van der Waals surface area (Å²) in [6.45, 7) is 4.89. The van der Waals surface area contributed by atoms with E-state index < -0.39 is 21.7 Å². The number of benzene rings is 2. The molecule has 0 aromatic heterocycles. The molecule has 7 nitrogen and oxygen atoms in total. The molecule has 3 rings (SSSR count). The fourth-order valence-corrected chi connectivity index (χ4v) is 4.17. The molecule has 28 heavy (non-hydrogen) atoms. The minimum absolute atomic E-state index is 0.0231. The van der Waals surface area contributed by atoms with Crippen molar-refractivity contribution in [2.24, 2.45) is 0 Å². The van der Waals surface area contributed by atoms with E-state index in [9.17, 15) is 17.6 Å². The number of hydrazine groups is 1. The van der Waals surface area contributed by atoms with Crippen LogP contribution in [0.1, 0.15) is 15.9 Å². The van der Waals surface area contributed by atoms with Gasteiger partial charge in [-0.3, -0.25) is 15.6 Å². The Labute approximate surface area is 162 Å². The zero-order valence-electron chi connectivity index (χ0n) is 15.0. The molecule has 0 saturated carbocycles. The number of hydrogen-bond donors (Lipinski definition) is 2. The molecule has 0 atom stereocenters. The van der Waals surface area contributed by atoms with Crippen LogP contribution in [0, 0.1) is 5.82 Å². The van der Waals surface area contributed by atoms with Crippen molar-refractivity contribution in [3.8, 4) is 0 Å². The summed E-state index contributed by atoms with van der Waals surface area (Å²) in [5.74, 6) is -1.05. The Morgan fingerprint density at radius 3 is 2.50 bits per heavy atom. The van der Waals surface area contributed by atoms with Crippen molar-refractivity contribution in [2.45, 2.75) is 4.90 Å². The second-order valence-electron chi connectivity index (χ2n) is 6.08. The second kappa shape index (κ2) is 8.51. The molecular formula is C19H20FN3O4S. The van der Waals surface area contributed by atoms with Crippen molar-refractivity contribution in [2.75, 3.05) is 26.3 Å². The highest BCUT2D eigenvalue weighted by Crippen LogP contribution is 2.18. The van der Waals surface area contributed by atoms with Crippen LogP contribution in [0.4, 0.5) is 4.39 Å². The largest absolute Gasteiger partial charge is 0.379 e. The topological polar surface area (TPSA) is 87.7 Å². The van der Waals surface area contributed by atoms with Gasteiger partial charge >= 0.3 is 0 Å². The van der Waals surface area contributed by atoms with E-state index in [0.717, 1.165) is 0 Å². The fraction of sp³-hybridized carbons (Fsp3) is 0.211. The van der Waals surface area contributed by atoms with Gasteiger partial charge in [0.1, 0.15) is 5.82 Å². The molecule has 0 bridgehead atoms. The Bertz CT molecular complexity index is 988. The molecule has 148 valence electrons. The number of halogens is 1. The van der Waals surface area contributed by atoms with E-state index in [1.54, 1.807) is 12.1 Å². The Balaban J connectivity index is 1.70. The number of rotatable bonds is 6. The molecule has 1 saturated heterocycles. The number of carbonyl (C=O) groups is 1. The quantitative estimate of drug-likeness (QED) is 0.715. The van der Waals surface area contributed by atoms with Crippen LogP contribution in [-0.4, -0.2) is 44.9 Å². The van der Waals surface area contributed by atoms with E-state index in [0.29, 0.717) is 13.2 Å². The molecule has 2 aromatic rings. The Hall–Kier alpha value is -2.75. The Morgan fingerprint density at radius 1 is 1.07 bits per heavy atom. The number of ether oxygens (including phenoxy) is 1. The number of amides is 1. The van der Waals surface area contributed by atoms with Crippen molar-refractivity contribution in [3.05, 3.63) is 72.1 Å². The first kappa shape index (κ1) is 20.0. The summed E-state index contributed by atoms with van der Waals surface area (Å²) in [7, 11) is -3.71. The molecule has 1 amide bonds. The summed E-state index contributed by atoms with van der Waals surface area (Å²) in [6.07, 6.45) is 0. The molecule has 2 aromatic carbocycles. The number of hydrogen-bond acceptors (Lipinski definition) is 5. The lowest BCUT2D eigenvalue weighted by atomic mass is 10.1. The van der Waals surface area contributed by atoms with E-state index in [1.807, 2.05) is 0 Å². The summed E-state index contributed by atoms with van der Waals surface area (Å²) in [6, 6.07) is 11.7.